The van der Waals surface area contributed by atoms with Gasteiger partial charge in [-0.25, -0.2) is 4.98 Å². The quantitative estimate of drug-likeness (QED) is 0.814. The minimum Gasteiger partial charge on any atom is -0.353 e. The van der Waals surface area contributed by atoms with Gasteiger partial charge in [-0.1, -0.05) is 25.5 Å². The molecule has 6 heteroatoms. The molecule has 1 aromatic heterocycles. The van der Waals surface area contributed by atoms with Crippen molar-refractivity contribution < 1.29 is 4.79 Å². The average molecular weight is 316 g/mol. The summed E-state index contributed by atoms with van der Waals surface area (Å²) in [5, 5.41) is 3.54. The third-order valence-electron chi connectivity index (χ3n) is 3.62. The maximum Gasteiger partial charge on any atom is 0.258 e. The first-order valence-corrected chi connectivity index (χ1v) is 7.95. The van der Waals surface area contributed by atoms with Crippen molar-refractivity contribution in [2.45, 2.75) is 39.3 Å². The smallest absolute Gasteiger partial charge is 0.258 e. The number of amides is 1. The van der Waals surface area contributed by atoms with Crippen molar-refractivity contribution >= 4 is 16.8 Å². The summed E-state index contributed by atoms with van der Waals surface area (Å²) in [7, 11) is 1.83. The van der Waals surface area contributed by atoms with E-state index in [1.54, 1.807) is 6.07 Å². The van der Waals surface area contributed by atoms with Crippen LogP contribution in [0, 0.1) is 0 Å². The second kappa shape index (κ2) is 7.87. The molecule has 23 heavy (non-hydrogen) atoms. The number of fused-ring (bicyclic) bond motifs is 1. The van der Waals surface area contributed by atoms with Gasteiger partial charge in [0.05, 0.1) is 24.0 Å². The first-order chi connectivity index (χ1) is 11.0. The van der Waals surface area contributed by atoms with Crippen molar-refractivity contribution in [1.82, 2.24) is 20.2 Å². The van der Waals surface area contributed by atoms with Crippen LogP contribution in [0.2, 0.25) is 0 Å². The molecule has 1 heterocycles. The molecule has 0 fully saturated rings. The van der Waals surface area contributed by atoms with E-state index in [4.69, 9.17) is 0 Å². The molecule has 0 aliphatic heterocycles. The number of hydrogen-bond acceptors (Lipinski definition) is 4. The molecule has 6 nitrogen and oxygen atoms in total. The Hall–Kier alpha value is -2.21. The fraction of sp³-hybridized carbons (Fsp3) is 0.471. The van der Waals surface area contributed by atoms with Gasteiger partial charge in [-0.15, -0.1) is 0 Å². The van der Waals surface area contributed by atoms with Gasteiger partial charge in [-0.2, -0.15) is 0 Å². The second-order valence-electron chi connectivity index (χ2n) is 5.96. The molecule has 0 bridgehead atoms. The van der Waals surface area contributed by atoms with Gasteiger partial charge in [0.2, 0.25) is 5.91 Å². The molecule has 124 valence electrons. The maximum atomic E-state index is 12.0. The molecule has 1 aromatic carbocycles. The van der Waals surface area contributed by atoms with Gasteiger partial charge in [0, 0.05) is 6.04 Å². The molecular formula is C17H24N4O2. The van der Waals surface area contributed by atoms with Crippen LogP contribution in [-0.2, 0) is 11.3 Å². The first kappa shape index (κ1) is 17.1. The Morgan fingerprint density at radius 2 is 2.13 bits per heavy atom. The zero-order valence-corrected chi connectivity index (χ0v) is 13.9. The highest BCUT2D eigenvalue weighted by Gasteiger charge is 2.11. The number of hydrogen-bond donors (Lipinski definition) is 2. The monoisotopic (exact) mass is 316 g/mol. The second-order valence-corrected chi connectivity index (χ2v) is 5.96. The van der Waals surface area contributed by atoms with Crippen molar-refractivity contribution in [2.24, 2.45) is 0 Å². The van der Waals surface area contributed by atoms with E-state index in [1.807, 2.05) is 37.1 Å². The molecule has 0 radical (unpaired) electrons. The van der Waals surface area contributed by atoms with Gasteiger partial charge in [-0.3, -0.25) is 14.5 Å². The lowest BCUT2D eigenvalue weighted by Crippen LogP contribution is -2.39. The third kappa shape index (κ3) is 4.89. The zero-order chi connectivity index (χ0) is 16.8. The normalized spacial score (nSPS) is 12.5. The molecule has 1 amide bonds. The number of carbonyl (C=O) groups excluding carboxylic acids is 1. The van der Waals surface area contributed by atoms with Crippen molar-refractivity contribution in [3.05, 3.63) is 40.4 Å². The summed E-state index contributed by atoms with van der Waals surface area (Å²) in [6.45, 7) is 4.78. The van der Waals surface area contributed by atoms with Crippen LogP contribution in [0.25, 0.3) is 10.9 Å². The number of nitrogens with zero attached hydrogens (tertiary/aromatic N) is 2. The van der Waals surface area contributed by atoms with Crippen LogP contribution < -0.4 is 10.9 Å². The van der Waals surface area contributed by atoms with E-state index in [2.05, 4.69) is 22.2 Å². The van der Waals surface area contributed by atoms with Crippen LogP contribution in [-0.4, -0.2) is 40.4 Å². The summed E-state index contributed by atoms with van der Waals surface area (Å²) in [6, 6.07) is 7.40. The largest absolute Gasteiger partial charge is 0.353 e. The van der Waals surface area contributed by atoms with Crippen molar-refractivity contribution in [2.75, 3.05) is 13.6 Å². The number of nitrogens with one attached hydrogen (secondary N) is 2. The predicted molar refractivity (Wildman–Crippen MR) is 91.2 cm³/mol. The molecule has 0 aliphatic carbocycles. The number of rotatable bonds is 7. The van der Waals surface area contributed by atoms with Gasteiger partial charge >= 0.3 is 0 Å². The minimum absolute atomic E-state index is 0.0170. The van der Waals surface area contributed by atoms with Gasteiger partial charge in [0.1, 0.15) is 5.82 Å². The number of H-pyrrole nitrogens is 1. The number of aromatic amines is 1. The van der Waals surface area contributed by atoms with E-state index in [1.165, 1.54) is 0 Å². The van der Waals surface area contributed by atoms with Gasteiger partial charge in [0.25, 0.3) is 5.56 Å². The molecule has 1 unspecified atom stereocenters. The van der Waals surface area contributed by atoms with E-state index in [9.17, 15) is 9.59 Å². The summed E-state index contributed by atoms with van der Waals surface area (Å²) in [5.41, 5.74) is 0.515. The Morgan fingerprint density at radius 1 is 1.39 bits per heavy atom. The summed E-state index contributed by atoms with van der Waals surface area (Å²) >= 11 is 0. The van der Waals surface area contributed by atoms with Crippen LogP contribution in [0.15, 0.2) is 29.1 Å². The van der Waals surface area contributed by atoms with E-state index >= 15 is 0 Å². The highest BCUT2D eigenvalue weighted by molar-refractivity contribution is 5.78. The Bertz CT molecular complexity index is 726. The Balaban J connectivity index is 1.99. The van der Waals surface area contributed by atoms with Gasteiger partial charge in [0.15, 0.2) is 0 Å². The summed E-state index contributed by atoms with van der Waals surface area (Å²) in [5.74, 6) is 0.544. The van der Waals surface area contributed by atoms with Gasteiger partial charge < -0.3 is 10.3 Å². The van der Waals surface area contributed by atoms with Crippen molar-refractivity contribution in [3.8, 4) is 0 Å². The van der Waals surface area contributed by atoms with Crippen LogP contribution >= 0.6 is 0 Å². The highest BCUT2D eigenvalue weighted by atomic mass is 16.2. The molecular weight excluding hydrogens is 292 g/mol. The molecule has 2 rings (SSSR count). The van der Waals surface area contributed by atoms with Crippen molar-refractivity contribution in [3.63, 3.8) is 0 Å². The Kier molecular flexibility index (Phi) is 5.87. The van der Waals surface area contributed by atoms with E-state index in [0.717, 1.165) is 12.8 Å². The molecule has 2 aromatic rings. The zero-order valence-electron chi connectivity index (χ0n) is 13.9. The Labute approximate surface area is 135 Å². The molecule has 0 saturated carbocycles. The Morgan fingerprint density at radius 3 is 2.87 bits per heavy atom. The average Bonchev–Trinajstić information content (AvgIpc) is 2.47. The SMILES string of the molecule is CCCC(C)NC(=O)CN(C)Cc1nc2ccccc2c(=O)[nH]1. The first-order valence-electron chi connectivity index (χ1n) is 7.95. The van der Waals surface area contributed by atoms with Crippen LogP contribution in [0.4, 0.5) is 0 Å². The fourth-order valence-corrected chi connectivity index (χ4v) is 2.59. The van der Waals surface area contributed by atoms with Crippen LogP contribution in [0.5, 0.6) is 0 Å². The molecule has 2 N–H and O–H groups in total. The highest BCUT2D eigenvalue weighted by Crippen LogP contribution is 2.06. The van der Waals surface area contributed by atoms with Crippen LogP contribution in [0.1, 0.15) is 32.5 Å². The lowest BCUT2D eigenvalue weighted by molar-refractivity contribution is -0.122. The standard InChI is InChI=1S/C17H24N4O2/c1-4-7-12(2)18-16(22)11-21(3)10-15-19-14-9-6-5-8-13(14)17(23)20-15/h5-6,8-9,12H,4,7,10-11H2,1-3H3,(H,18,22)(H,19,20,23). The minimum atomic E-state index is -0.153. The number of carbonyl (C=O) groups is 1. The number of likely N-dealkylation sites (N-methyl/N-ethyl adjacent to an activating group) is 1. The number of aromatic nitrogens is 2. The topological polar surface area (TPSA) is 78.1 Å². The number of benzene rings is 1. The van der Waals surface area contributed by atoms with Crippen LogP contribution in [0.3, 0.4) is 0 Å². The fourth-order valence-electron chi connectivity index (χ4n) is 2.59. The third-order valence-corrected chi connectivity index (χ3v) is 3.62. The van der Waals surface area contributed by atoms with E-state index in [-0.39, 0.29) is 24.1 Å². The predicted octanol–water partition coefficient (Wildman–Crippen LogP) is 1.66. The maximum absolute atomic E-state index is 12.0. The van der Waals surface area contributed by atoms with E-state index < -0.39 is 0 Å². The summed E-state index contributed by atoms with van der Waals surface area (Å²) in [4.78, 5) is 33.0. The summed E-state index contributed by atoms with van der Waals surface area (Å²) in [6.07, 6.45) is 2.01. The lowest BCUT2D eigenvalue weighted by atomic mass is 10.2. The lowest BCUT2D eigenvalue weighted by Gasteiger charge is -2.18. The summed E-state index contributed by atoms with van der Waals surface area (Å²) < 4.78 is 0. The number of para-hydroxylation sites is 1. The molecule has 0 aliphatic rings. The van der Waals surface area contributed by atoms with E-state index in [0.29, 0.717) is 23.3 Å². The molecule has 1 atom stereocenters. The van der Waals surface area contributed by atoms with Gasteiger partial charge in [-0.05, 0) is 32.5 Å². The molecule has 0 saturated heterocycles. The van der Waals surface area contributed by atoms with Crippen molar-refractivity contribution in [1.29, 1.82) is 0 Å². The molecule has 0 spiro atoms.